The summed E-state index contributed by atoms with van der Waals surface area (Å²) in [4.78, 5) is 7.29. The molecule has 0 saturated heterocycles. The molecule has 1 aliphatic rings. The van der Waals surface area contributed by atoms with Crippen LogP contribution in [0, 0.1) is 5.92 Å². The first-order valence-corrected chi connectivity index (χ1v) is 8.10. The third kappa shape index (κ3) is 2.78. The van der Waals surface area contributed by atoms with Crippen LogP contribution in [0.3, 0.4) is 0 Å². The molecule has 6 nitrogen and oxygen atoms in total. The number of fused-ring (bicyclic) bond motifs is 1. The fourth-order valence-corrected chi connectivity index (χ4v) is 4.17. The number of rotatable bonds is 5. The van der Waals surface area contributed by atoms with E-state index < -0.39 is 10.0 Å². The Morgan fingerprint density at radius 2 is 2.24 bits per heavy atom. The monoisotopic (exact) mass is 330 g/mol. The Balaban J connectivity index is 0.00000161. The average Bonchev–Trinajstić information content (AvgIpc) is 3.17. The number of hydrogen-bond acceptors (Lipinski definition) is 4. The maximum atomic E-state index is 12.8. The largest absolute Gasteiger partial charge is 0.345 e. The van der Waals surface area contributed by atoms with Crippen LogP contribution in [0.5, 0.6) is 0 Å². The SMILES string of the molecule is CN(C(CN)C1CC1)S(=O)(=O)c1c[nH]c2ncccc12.Cl. The lowest BCUT2D eigenvalue weighted by atomic mass is 10.2. The first-order chi connectivity index (χ1) is 9.55. The van der Waals surface area contributed by atoms with Crippen molar-refractivity contribution in [2.75, 3.05) is 13.6 Å². The molecule has 1 aliphatic carbocycles. The van der Waals surface area contributed by atoms with Crippen LogP contribution in [0.2, 0.25) is 0 Å². The maximum Gasteiger partial charge on any atom is 0.245 e. The van der Waals surface area contributed by atoms with Crippen LogP contribution >= 0.6 is 12.4 Å². The van der Waals surface area contributed by atoms with E-state index >= 15 is 0 Å². The second-order valence-electron chi connectivity index (χ2n) is 5.21. The molecule has 0 bridgehead atoms. The minimum atomic E-state index is -3.56. The first-order valence-electron chi connectivity index (χ1n) is 6.66. The number of nitrogens with two attached hydrogens (primary N) is 1. The smallest absolute Gasteiger partial charge is 0.245 e. The number of sulfonamides is 1. The highest BCUT2D eigenvalue weighted by atomic mass is 35.5. The molecule has 21 heavy (non-hydrogen) atoms. The van der Waals surface area contributed by atoms with Gasteiger partial charge in [-0.1, -0.05) is 0 Å². The van der Waals surface area contributed by atoms with E-state index in [4.69, 9.17) is 5.73 Å². The highest BCUT2D eigenvalue weighted by Crippen LogP contribution is 2.36. The number of H-pyrrole nitrogens is 1. The summed E-state index contributed by atoms with van der Waals surface area (Å²) in [5.41, 5.74) is 6.33. The van der Waals surface area contributed by atoms with Gasteiger partial charge in [0.1, 0.15) is 10.5 Å². The van der Waals surface area contributed by atoms with Crippen molar-refractivity contribution < 1.29 is 8.42 Å². The van der Waals surface area contributed by atoms with Gasteiger partial charge in [0.2, 0.25) is 10.0 Å². The second-order valence-corrected chi connectivity index (χ2v) is 7.18. The minimum Gasteiger partial charge on any atom is -0.345 e. The lowest BCUT2D eigenvalue weighted by Crippen LogP contribution is -2.43. The molecule has 0 spiro atoms. The molecule has 8 heteroatoms. The molecule has 0 aromatic carbocycles. The van der Waals surface area contributed by atoms with E-state index in [1.807, 2.05) is 0 Å². The van der Waals surface area contributed by atoms with Crippen molar-refractivity contribution in [2.45, 2.75) is 23.8 Å². The van der Waals surface area contributed by atoms with E-state index in [0.717, 1.165) is 12.8 Å². The van der Waals surface area contributed by atoms with E-state index in [1.165, 1.54) is 10.5 Å². The molecular formula is C13H19ClN4O2S. The minimum absolute atomic E-state index is 0. The Labute approximate surface area is 130 Å². The Bertz CT molecular complexity index is 727. The first kappa shape index (κ1) is 16.2. The molecule has 1 saturated carbocycles. The molecule has 0 aliphatic heterocycles. The fraction of sp³-hybridized carbons (Fsp3) is 0.462. The molecule has 2 heterocycles. The van der Waals surface area contributed by atoms with Crippen molar-refractivity contribution in [3.05, 3.63) is 24.5 Å². The van der Waals surface area contributed by atoms with Gasteiger partial charge in [0.05, 0.1) is 0 Å². The standard InChI is InChI=1S/C13H18N4O2S.ClH/c1-17(11(7-14)9-4-5-9)20(18,19)12-8-16-13-10(12)3-2-6-15-13;/h2-3,6,8-9,11H,4-5,7,14H2,1H3,(H,15,16);1H. The van der Waals surface area contributed by atoms with Crippen LogP contribution in [0.25, 0.3) is 11.0 Å². The van der Waals surface area contributed by atoms with Gasteiger partial charge in [-0.05, 0) is 30.9 Å². The van der Waals surface area contributed by atoms with E-state index in [2.05, 4.69) is 9.97 Å². The van der Waals surface area contributed by atoms with Gasteiger partial charge in [-0.15, -0.1) is 12.4 Å². The maximum absolute atomic E-state index is 12.8. The van der Waals surface area contributed by atoms with Gasteiger partial charge >= 0.3 is 0 Å². The van der Waals surface area contributed by atoms with E-state index in [1.54, 1.807) is 25.4 Å². The zero-order valence-corrected chi connectivity index (χ0v) is 13.3. The van der Waals surface area contributed by atoms with E-state index in [-0.39, 0.29) is 23.3 Å². The molecule has 116 valence electrons. The number of halogens is 1. The van der Waals surface area contributed by atoms with Crippen LogP contribution in [0.15, 0.2) is 29.4 Å². The van der Waals surface area contributed by atoms with Gasteiger partial charge in [-0.25, -0.2) is 13.4 Å². The zero-order chi connectivity index (χ0) is 14.3. The highest BCUT2D eigenvalue weighted by molar-refractivity contribution is 7.89. The summed E-state index contributed by atoms with van der Waals surface area (Å²) in [7, 11) is -1.95. The number of aromatic nitrogens is 2. The highest BCUT2D eigenvalue weighted by Gasteiger charge is 2.38. The van der Waals surface area contributed by atoms with Crippen LogP contribution < -0.4 is 5.73 Å². The molecule has 0 radical (unpaired) electrons. The second kappa shape index (κ2) is 5.92. The van der Waals surface area contributed by atoms with Gasteiger partial charge < -0.3 is 10.7 Å². The molecule has 1 fully saturated rings. The summed E-state index contributed by atoms with van der Waals surface area (Å²) < 4.78 is 26.9. The number of likely N-dealkylation sites (N-methyl/N-ethyl adjacent to an activating group) is 1. The summed E-state index contributed by atoms with van der Waals surface area (Å²) >= 11 is 0. The molecule has 3 rings (SSSR count). The van der Waals surface area contributed by atoms with E-state index in [9.17, 15) is 8.42 Å². The zero-order valence-electron chi connectivity index (χ0n) is 11.7. The van der Waals surface area contributed by atoms with Crippen LogP contribution in [0.4, 0.5) is 0 Å². The lowest BCUT2D eigenvalue weighted by Gasteiger charge is -2.26. The van der Waals surface area contributed by atoms with Crippen LogP contribution in [0.1, 0.15) is 12.8 Å². The molecule has 2 aromatic heterocycles. The van der Waals surface area contributed by atoms with Crippen molar-refractivity contribution in [3.8, 4) is 0 Å². The van der Waals surface area contributed by atoms with E-state index in [0.29, 0.717) is 23.5 Å². The van der Waals surface area contributed by atoms with Crippen molar-refractivity contribution in [1.29, 1.82) is 0 Å². The van der Waals surface area contributed by atoms with Gasteiger partial charge in [-0.3, -0.25) is 0 Å². The molecule has 2 aromatic rings. The molecular weight excluding hydrogens is 312 g/mol. The van der Waals surface area contributed by atoms with Gasteiger partial charge in [0, 0.05) is 37.4 Å². The van der Waals surface area contributed by atoms with Gasteiger partial charge in [-0.2, -0.15) is 4.31 Å². The van der Waals surface area contributed by atoms with Gasteiger partial charge in [0.15, 0.2) is 0 Å². The molecule has 1 atom stereocenters. The quantitative estimate of drug-likeness (QED) is 0.865. The third-order valence-electron chi connectivity index (χ3n) is 3.94. The molecule has 1 unspecified atom stereocenters. The number of hydrogen-bond donors (Lipinski definition) is 2. The normalized spacial score (nSPS) is 16.9. The van der Waals surface area contributed by atoms with Crippen LogP contribution in [-0.4, -0.2) is 42.3 Å². The summed E-state index contributed by atoms with van der Waals surface area (Å²) in [6.07, 6.45) is 5.24. The van der Waals surface area contributed by atoms with Crippen LogP contribution in [-0.2, 0) is 10.0 Å². The Kier molecular flexibility index (Phi) is 4.57. The summed E-state index contributed by atoms with van der Waals surface area (Å²) in [5, 5.41) is 0.617. The summed E-state index contributed by atoms with van der Waals surface area (Å²) in [6.45, 7) is 0.348. The fourth-order valence-electron chi connectivity index (χ4n) is 2.60. The predicted molar refractivity (Wildman–Crippen MR) is 83.9 cm³/mol. The average molecular weight is 331 g/mol. The molecule has 3 N–H and O–H groups in total. The lowest BCUT2D eigenvalue weighted by molar-refractivity contribution is 0.341. The number of pyridine rings is 1. The summed E-state index contributed by atoms with van der Waals surface area (Å²) in [6, 6.07) is 3.37. The third-order valence-corrected chi connectivity index (χ3v) is 5.87. The van der Waals surface area contributed by atoms with Gasteiger partial charge in [0.25, 0.3) is 0 Å². The van der Waals surface area contributed by atoms with Crippen molar-refractivity contribution >= 4 is 33.5 Å². The molecule has 0 amide bonds. The number of nitrogens with zero attached hydrogens (tertiary/aromatic N) is 2. The van der Waals surface area contributed by atoms with Crippen molar-refractivity contribution in [1.82, 2.24) is 14.3 Å². The van der Waals surface area contributed by atoms with Crippen molar-refractivity contribution in [2.24, 2.45) is 11.7 Å². The number of nitrogens with one attached hydrogen (secondary N) is 1. The predicted octanol–water partition coefficient (Wildman–Crippen LogP) is 1.34. The Hall–Kier alpha value is -1.15. The van der Waals surface area contributed by atoms with Crippen molar-refractivity contribution in [3.63, 3.8) is 0 Å². The Morgan fingerprint density at radius 1 is 1.52 bits per heavy atom. The summed E-state index contributed by atoms with van der Waals surface area (Å²) in [5.74, 6) is 0.392. The number of aromatic amines is 1. The Morgan fingerprint density at radius 3 is 2.86 bits per heavy atom. The topological polar surface area (TPSA) is 92.1 Å².